The highest BCUT2D eigenvalue weighted by Crippen LogP contribution is 2.37. The van der Waals surface area contributed by atoms with Crippen LogP contribution in [0.3, 0.4) is 0 Å². The van der Waals surface area contributed by atoms with Gasteiger partial charge in [0.15, 0.2) is 5.03 Å². The van der Waals surface area contributed by atoms with Gasteiger partial charge in [0.25, 0.3) is 10.0 Å². The Labute approximate surface area is 123 Å². The molecule has 1 aliphatic carbocycles. The minimum absolute atomic E-state index is 0.0557. The Kier molecular flexibility index (Phi) is 4.68. The molecule has 0 radical (unpaired) electrons. The maximum Gasteiger partial charge on any atom is 0.259 e. The first kappa shape index (κ1) is 15.0. The van der Waals surface area contributed by atoms with Crippen molar-refractivity contribution in [3.63, 3.8) is 0 Å². The highest BCUT2D eigenvalue weighted by Gasteiger charge is 2.32. The van der Waals surface area contributed by atoms with Gasteiger partial charge in [-0.15, -0.1) is 0 Å². The minimum Gasteiger partial charge on any atom is -0.339 e. The van der Waals surface area contributed by atoms with Crippen molar-refractivity contribution in [2.75, 3.05) is 11.9 Å². The van der Waals surface area contributed by atoms with E-state index >= 15 is 0 Å². The highest BCUT2D eigenvalue weighted by atomic mass is 79.9. The first-order valence-corrected chi connectivity index (χ1v) is 9.12. The summed E-state index contributed by atoms with van der Waals surface area (Å²) in [6, 6.07) is 0. The van der Waals surface area contributed by atoms with Gasteiger partial charge >= 0.3 is 0 Å². The van der Waals surface area contributed by atoms with Crippen molar-refractivity contribution in [3.8, 4) is 0 Å². The number of alkyl halides is 1. The van der Waals surface area contributed by atoms with E-state index < -0.39 is 10.0 Å². The van der Waals surface area contributed by atoms with Crippen molar-refractivity contribution in [1.82, 2.24) is 14.3 Å². The van der Waals surface area contributed by atoms with Gasteiger partial charge < -0.3 is 4.57 Å². The number of aryl methyl sites for hydroxylation is 1. The summed E-state index contributed by atoms with van der Waals surface area (Å²) in [6.07, 6.45) is 8.76. The molecule has 1 aliphatic rings. The Morgan fingerprint density at radius 1 is 1.42 bits per heavy atom. The van der Waals surface area contributed by atoms with Gasteiger partial charge in [0.05, 0.1) is 6.33 Å². The second-order valence-electron chi connectivity index (χ2n) is 5.40. The molecule has 0 spiro atoms. The summed E-state index contributed by atoms with van der Waals surface area (Å²) in [7, 11) is -1.73. The summed E-state index contributed by atoms with van der Waals surface area (Å²) in [5.74, 6) is 0. The van der Waals surface area contributed by atoms with E-state index in [0.717, 1.165) is 18.2 Å². The van der Waals surface area contributed by atoms with Crippen LogP contribution in [0, 0.1) is 5.41 Å². The number of halogens is 1. The summed E-state index contributed by atoms with van der Waals surface area (Å²) in [5.41, 5.74) is 0.0557. The van der Waals surface area contributed by atoms with Gasteiger partial charge in [-0.2, -0.15) is 0 Å². The van der Waals surface area contributed by atoms with Crippen LogP contribution in [0.1, 0.15) is 32.1 Å². The molecule has 19 heavy (non-hydrogen) atoms. The smallest absolute Gasteiger partial charge is 0.259 e. The summed E-state index contributed by atoms with van der Waals surface area (Å²) in [4.78, 5) is 3.90. The summed E-state index contributed by atoms with van der Waals surface area (Å²) in [5, 5.41) is 0.931. The topological polar surface area (TPSA) is 64.0 Å². The van der Waals surface area contributed by atoms with Crippen LogP contribution in [0.15, 0.2) is 17.6 Å². The van der Waals surface area contributed by atoms with Gasteiger partial charge in [0.1, 0.15) is 0 Å². The quantitative estimate of drug-likeness (QED) is 0.827. The fourth-order valence-electron chi connectivity index (χ4n) is 2.51. The number of hydrogen-bond donors (Lipinski definition) is 1. The van der Waals surface area contributed by atoms with Gasteiger partial charge in [-0.25, -0.2) is 18.1 Å². The summed E-state index contributed by atoms with van der Waals surface area (Å²) < 4.78 is 28.6. The van der Waals surface area contributed by atoms with Crippen LogP contribution in [0.25, 0.3) is 0 Å². The molecule has 0 saturated heterocycles. The van der Waals surface area contributed by atoms with Crippen molar-refractivity contribution in [2.45, 2.75) is 37.1 Å². The van der Waals surface area contributed by atoms with Crippen molar-refractivity contribution >= 4 is 26.0 Å². The Morgan fingerprint density at radius 3 is 2.63 bits per heavy atom. The van der Waals surface area contributed by atoms with Crippen LogP contribution in [0.5, 0.6) is 0 Å². The second kappa shape index (κ2) is 5.93. The normalized spacial score (nSPS) is 19.5. The van der Waals surface area contributed by atoms with E-state index in [9.17, 15) is 8.42 Å². The molecule has 1 aromatic rings. The van der Waals surface area contributed by atoms with Crippen molar-refractivity contribution in [3.05, 3.63) is 12.5 Å². The summed E-state index contributed by atoms with van der Waals surface area (Å²) >= 11 is 3.54. The Bertz CT molecular complexity index is 521. The Hall–Kier alpha value is -0.400. The zero-order chi connectivity index (χ0) is 13.9. The van der Waals surface area contributed by atoms with E-state index in [4.69, 9.17) is 0 Å². The predicted octanol–water partition coefficient (Wildman–Crippen LogP) is 2.04. The minimum atomic E-state index is -3.49. The van der Waals surface area contributed by atoms with Crippen LogP contribution in [0.2, 0.25) is 0 Å². The molecule has 1 N–H and O–H groups in total. The molecule has 0 amide bonds. The number of aromatic nitrogens is 2. The van der Waals surface area contributed by atoms with E-state index in [2.05, 4.69) is 25.6 Å². The largest absolute Gasteiger partial charge is 0.339 e. The first-order chi connectivity index (χ1) is 8.97. The Morgan fingerprint density at radius 2 is 2.11 bits per heavy atom. The molecule has 0 bridgehead atoms. The van der Waals surface area contributed by atoms with Gasteiger partial charge in [0, 0.05) is 25.1 Å². The fraction of sp³-hybridized carbons (Fsp3) is 0.750. The standard InChI is InChI=1S/C12H20BrN3O2S/c1-16-7-11(14-10-16)19(17,18)15-9-12(8-13)5-3-2-4-6-12/h7,10,15H,2-6,8-9H2,1H3. The van der Waals surface area contributed by atoms with Crippen LogP contribution in [0.4, 0.5) is 0 Å². The van der Waals surface area contributed by atoms with Crippen LogP contribution in [-0.4, -0.2) is 29.8 Å². The molecule has 0 atom stereocenters. The lowest BCUT2D eigenvalue weighted by Crippen LogP contribution is -2.40. The first-order valence-electron chi connectivity index (χ1n) is 6.51. The number of imidazole rings is 1. The molecule has 1 heterocycles. The molecule has 0 aromatic carbocycles. The fourth-order valence-corrected chi connectivity index (χ4v) is 4.40. The van der Waals surface area contributed by atoms with Crippen molar-refractivity contribution < 1.29 is 8.42 Å². The third-order valence-corrected chi connectivity index (χ3v) is 6.27. The van der Waals surface area contributed by atoms with E-state index in [-0.39, 0.29) is 10.4 Å². The lowest BCUT2D eigenvalue weighted by atomic mass is 9.76. The van der Waals surface area contributed by atoms with Gasteiger partial charge in [-0.1, -0.05) is 35.2 Å². The van der Waals surface area contributed by atoms with Crippen LogP contribution in [-0.2, 0) is 17.1 Å². The zero-order valence-electron chi connectivity index (χ0n) is 11.1. The van der Waals surface area contributed by atoms with Gasteiger partial charge in [-0.05, 0) is 18.3 Å². The third-order valence-electron chi connectivity index (χ3n) is 3.79. The zero-order valence-corrected chi connectivity index (χ0v) is 13.5. The predicted molar refractivity (Wildman–Crippen MR) is 77.7 cm³/mol. The van der Waals surface area contributed by atoms with E-state index in [1.165, 1.54) is 31.8 Å². The van der Waals surface area contributed by atoms with E-state index in [1.54, 1.807) is 11.6 Å². The number of hydrogen-bond acceptors (Lipinski definition) is 3. The molecule has 0 unspecified atom stereocenters. The molecule has 0 aliphatic heterocycles. The molecular weight excluding hydrogens is 330 g/mol. The van der Waals surface area contributed by atoms with Crippen molar-refractivity contribution in [2.24, 2.45) is 12.5 Å². The highest BCUT2D eigenvalue weighted by molar-refractivity contribution is 9.09. The summed E-state index contributed by atoms with van der Waals surface area (Å²) in [6.45, 7) is 0.483. The Balaban J connectivity index is 2.04. The number of nitrogens with one attached hydrogen (secondary N) is 1. The maximum absolute atomic E-state index is 12.1. The molecule has 2 rings (SSSR count). The molecule has 7 heteroatoms. The molecule has 1 fully saturated rings. The molecule has 108 valence electrons. The number of nitrogens with zero attached hydrogens (tertiary/aromatic N) is 2. The average molecular weight is 350 g/mol. The second-order valence-corrected chi connectivity index (χ2v) is 7.67. The molecule has 1 saturated carbocycles. The van der Waals surface area contributed by atoms with Crippen LogP contribution >= 0.6 is 15.9 Å². The molecular formula is C12H20BrN3O2S. The number of sulfonamides is 1. The maximum atomic E-state index is 12.1. The van der Waals surface area contributed by atoms with Crippen molar-refractivity contribution in [1.29, 1.82) is 0 Å². The lowest BCUT2D eigenvalue weighted by molar-refractivity contribution is 0.227. The third kappa shape index (κ3) is 3.58. The van der Waals surface area contributed by atoms with Crippen LogP contribution < -0.4 is 4.72 Å². The average Bonchev–Trinajstić information content (AvgIpc) is 2.85. The molecule has 5 nitrogen and oxygen atoms in total. The van der Waals surface area contributed by atoms with E-state index in [0.29, 0.717) is 6.54 Å². The SMILES string of the molecule is Cn1cnc(S(=O)(=O)NCC2(CBr)CCCCC2)c1. The number of rotatable bonds is 5. The molecule has 1 aromatic heterocycles. The van der Waals surface area contributed by atoms with Gasteiger partial charge in [-0.3, -0.25) is 0 Å². The lowest BCUT2D eigenvalue weighted by Gasteiger charge is -2.35. The monoisotopic (exact) mass is 349 g/mol. The van der Waals surface area contributed by atoms with E-state index in [1.807, 2.05) is 0 Å². The van der Waals surface area contributed by atoms with Gasteiger partial charge in [0.2, 0.25) is 0 Å².